The van der Waals surface area contributed by atoms with Crippen LogP contribution in [-0.2, 0) is 0 Å². The summed E-state index contributed by atoms with van der Waals surface area (Å²) in [5.74, 6) is 1.52. The van der Waals surface area contributed by atoms with Gasteiger partial charge >= 0.3 is 0 Å². The molecule has 1 aliphatic heterocycles. The fraction of sp³-hybridized carbons (Fsp3) is 0.455. The quantitative estimate of drug-likeness (QED) is 0.712. The summed E-state index contributed by atoms with van der Waals surface area (Å²) in [7, 11) is 1.70. The molecule has 1 aliphatic rings. The molecule has 2 unspecified atom stereocenters. The van der Waals surface area contributed by atoms with Gasteiger partial charge in [-0.25, -0.2) is 0 Å². The summed E-state index contributed by atoms with van der Waals surface area (Å²) in [5.41, 5.74) is 2.62. The molecule has 70 valence electrons. The van der Waals surface area contributed by atoms with Crippen LogP contribution in [0.4, 0.5) is 5.69 Å². The molecule has 1 N–H and O–H groups in total. The number of benzene rings is 1. The summed E-state index contributed by atoms with van der Waals surface area (Å²) >= 11 is 0. The van der Waals surface area contributed by atoms with E-state index in [0.29, 0.717) is 12.0 Å². The molecule has 0 bridgehead atoms. The lowest BCUT2D eigenvalue weighted by atomic mass is 9.98. The fourth-order valence-corrected chi connectivity index (χ4v) is 1.82. The Hall–Kier alpha value is -1.18. The van der Waals surface area contributed by atoms with Crippen LogP contribution in [0.5, 0.6) is 5.75 Å². The molecule has 0 aromatic heterocycles. The van der Waals surface area contributed by atoms with Crippen molar-refractivity contribution in [2.45, 2.75) is 25.8 Å². The Morgan fingerprint density at radius 1 is 1.31 bits per heavy atom. The fourth-order valence-electron chi connectivity index (χ4n) is 1.82. The van der Waals surface area contributed by atoms with Crippen LogP contribution in [0.2, 0.25) is 0 Å². The van der Waals surface area contributed by atoms with Gasteiger partial charge in [-0.05, 0) is 18.6 Å². The molecule has 2 rings (SSSR count). The molecule has 0 fully saturated rings. The Morgan fingerprint density at radius 2 is 2.08 bits per heavy atom. The zero-order chi connectivity index (χ0) is 9.42. The summed E-state index contributed by atoms with van der Waals surface area (Å²) in [6.07, 6.45) is 0. The van der Waals surface area contributed by atoms with Crippen molar-refractivity contribution in [2.24, 2.45) is 0 Å². The van der Waals surface area contributed by atoms with E-state index in [1.54, 1.807) is 7.11 Å². The minimum Gasteiger partial charge on any atom is -0.497 e. The first-order valence-corrected chi connectivity index (χ1v) is 4.67. The minimum absolute atomic E-state index is 0.530. The third-order valence-electron chi connectivity index (χ3n) is 2.88. The molecule has 2 atom stereocenters. The average molecular weight is 177 g/mol. The van der Waals surface area contributed by atoms with Gasteiger partial charge in [0.15, 0.2) is 0 Å². The summed E-state index contributed by atoms with van der Waals surface area (Å²) in [5, 5.41) is 3.44. The van der Waals surface area contributed by atoms with Gasteiger partial charge in [-0.2, -0.15) is 0 Å². The van der Waals surface area contributed by atoms with E-state index in [-0.39, 0.29) is 0 Å². The van der Waals surface area contributed by atoms with Crippen LogP contribution in [0.25, 0.3) is 0 Å². The van der Waals surface area contributed by atoms with Crippen LogP contribution in [-0.4, -0.2) is 13.2 Å². The highest BCUT2D eigenvalue weighted by atomic mass is 16.5. The molecule has 0 spiro atoms. The first-order valence-electron chi connectivity index (χ1n) is 4.67. The number of rotatable bonds is 1. The number of methoxy groups -OCH3 is 1. The molecule has 13 heavy (non-hydrogen) atoms. The van der Waals surface area contributed by atoms with Crippen molar-refractivity contribution in [1.29, 1.82) is 0 Å². The minimum atomic E-state index is 0.530. The SMILES string of the molecule is COc1ccc2c(c1)NC(C)C2C. The van der Waals surface area contributed by atoms with Crippen LogP contribution >= 0.6 is 0 Å². The number of hydrogen-bond acceptors (Lipinski definition) is 2. The third-order valence-corrected chi connectivity index (χ3v) is 2.88. The van der Waals surface area contributed by atoms with Crippen LogP contribution < -0.4 is 10.1 Å². The molecule has 1 aromatic carbocycles. The number of hydrogen-bond donors (Lipinski definition) is 1. The molecule has 2 heteroatoms. The van der Waals surface area contributed by atoms with Gasteiger partial charge in [0.05, 0.1) is 7.11 Å². The number of fused-ring (bicyclic) bond motifs is 1. The zero-order valence-corrected chi connectivity index (χ0v) is 8.29. The molecule has 0 radical (unpaired) electrons. The molecule has 1 heterocycles. The van der Waals surface area contributed by atoms with E-state index in [9.17, 15) is 0 Å². The summed E-state index contributed by atoms with van der Waals surface area (Å²) in [4.78, 5) is 0. The van der Waals surface area contributed by atoms with Crippen molar-refractivity contribution in [3.8, 4) is 5.75 Å². The van der Waals surface area contributed by atoms with Crippen molar-refractivity contribution in [2.75, 3.05) is 12.4 Å². The van der Waals surface area contributed by atoms with Crippen molar-refractivity contribution < 1.29 is 4.74 Å². The van der Waals surface area contributed by atoms with Crippen LogP contribution in [0.1, 0.15) is 25.3 Å². The molecular weight excluding hydrogens is 162 g/mol. The Balaban J connectivity index is 2.40. The lowest BCUT2D eigenvalue weighted by Gasteiger charge is -2.08. The smallest absolute Gasteiger partial charge is 0.120 e. The number of ether oxygens (including phenoxy) is 1. The summed E-state index contributed by atoms with van der Waals surface area (Å²) in [6, 6.07) is 6.77. The lowest BCUT2D eigenvalue weighted by Crippen LogP contribution is -2.12. The molecule has 0 amide bonds. The Bertz CT molecular complexity index is 322. The maximum Gasteiger partial charge on any atom is 0.120 e. The summed E-state index contributed by atoms with van der Waals surface area (Å²) < 4.78 is 5.17. The van der Waals surface area contributed by atoms with E-state index in [4.69, 9.17) is 4.74 Å². The highest BCUT2D eigenvalue weighted by molar-refractivity contribution is 5.61. The second-order valence-corrected chi connectivity index (χ2v) is 3.67. The van der Waals surface area contributed by atoms with Crippen molar-refractivity contribution >= 4 is 5.69 Å². The maximum atomic E-state index is 5.17. The lowest BCUT2D eigenvalue weighted by molar-refractivity contribution is 0.415. The zero-order valence-electron chi connectivity index (χ0n) is 8.29. The van der Waals surface area contributed by atoms with Gasteiger partial charge in [-0.3, -0.25) is 0 Å². The van der Waals surface area contributed by atoms with Gasteiger partial charge in [0.1, 0.15) is 5.75 Å². The van der Waals surface area contributed by atoms with Crippen molar-refractivity contribution in [3.05, 3.63) is 23.8 Å². The topological polar surface area (TPSA) is 21.3 Å². The second-order valence-electron chi connectivity index (χ2n) is 3.67. The van der Waals surface area contributed by atoms with Gasteiger partial charge in [-0.1, -0.05) is 13.0 Å². The molecule has 1 aromatic rings. The maximum absolute atomic E-state index is 5.17. The standard InChI is InChI=1S/C11H15NO/c1-7-8(2)12-11-6-9(13-3)4-5-10(7)11/h4-8,12H,1-3H3. The Labute approximate surface area is 78.9 Å². The predicted molar refractivity (Wildman–Crippen MR) is 54.5 cm³/mol. The largest absolute Gasteiger partial charge is 0.497 e. The number of nitrogens with one attached hydrogen (secondary N) is 1. The first-order chi connectivity index (χ1) is 6.22. The Kier molecular flexibility index (Phi) is 1.91. The monoisotopic (exact) mass is 177 g/mol. The number of anilines is 1. The van der Waals surface area contributed by atoms with Gasteiger partial charge in [0.25, 0.3) is 0 Å². The van der Waals surface area contributed by atoms with E-state index in [1.807, 2.05) is 6.07 Å². The van der Waals surface area contributed by atoms with Gasteiger partial charge in [0.2, 0.25) is 0 Å². The molecular formula is C11H15NO. The van der Waals surface area contributed by atoms with Crippen LogP contribution in [0.3, 0.4) is 0 Å². The third kappa shape index (κ3) is 1.26. The highest BCUT2D eigenvalue weighted by Crippen LogP contribution is 2.37. The van der Waals surface area contributed by atoms with E-state index < -0.39 is 0 Å². The van der Waals surface area contributed by atoms with Crippen molar-refractivity contribution in [1.82, 2.24) is 0 Å². The van der Waals surface area contributed by atoms with E-state index in [2.05, 4.69) is 31.3 Å². The van der Waals surface area contributed by atoms with E-state index in [1.165, 1.54) is 11.3 Å². The Morgan fingerprint density at radius 3 is 2.77 bits per heavy atom. The van der Waals surface area contributed by atoms with Gasteiger partial charge in [0, 0.05) is 23.7 Å². The normalized spacial score (nSPS) is 25.2. The summed E-state index contributed by atoms with van der Waals surface area (Å²) in [6.45, 7) is 4.45. The molecule has 0 aliphatic carbocycles. The van der Waals surface area contributed by atoms with Crippen LogP contribution in [0.15, 0.2) is 18.2 Å². The van der Waals surface area contributed by atoms with E-state index >= 15 is 0 Å². The molecule has 0 saturated heterocycles. The second kappa shape index (κ2) is 2.95. The van der Waals surface area contributed by atoms with Gasteiger partial charge < -0.3 is 10.1 Å². The molecule has 0 saturated carbocycles. The first kappa shape index (κ1) is 8.42. The average Bonchev–Trinajstić information content (AvgIpc) is 2.42. The van der Waals surface area contributed by atoms with E-state index in [0.717, 1.165) is 5.75 Å². The van der Waals surface area contributed by atoms with Crippen molar-refractivity contribution in [3.63, 3.8) is 0 Å². The van der Waals surface area contributed by atoms with Gasteiger partial charge in [-0.15, -0.1) is 0 Å². The van der Waals surface area contributed by atoms with Crippen LogP contribution in [0, 0.1) is 0 Å². The predicted octanol–water partition coefficient (Wildman–Crippen LogP) is 2.61. The highest BCUT2D eigenvalue weighted by Gasteiger charge is 2.24. The molecule has 2 nitrogen and oxygen atoms in total.